The van der Waals surface area contributed by atoms with Crippen LogP contribution in [0.15, 0.2) is 61.1 Å². The first kappa shape index (κ1) is 17.5. The molecule has 6 heteroatoms. The van der Waals surface area contributed by atoms with E-state index in [-0.39, 0.29) is 5.91 Å². The minimum Gasteiger partial charge on any atom is -0.345 e. The molecule has 2 aromatic heterocycles. The molecule has 1 amide bonds. The van der Waals surface area contributed by atoms with Gasteiger partial charge in [-0.1, -0.05) is 32.0 Å². The van der Waals surface area contributed by atoms with Crippen molar-refractivity contribution in [1.29, 1.82) is 0 Å². The number of nitrogens with one attached hydrogen (secondary N) is 2. The Morgan fingerprint density at radius 1 is 1.04 bits per heavy atom. The van der Waals surface area contributed by atoms with Crippen LogP contribution in [0.4, 0.5) is 11.5 Å². The van der Waals surface area contributed by atoms with Crippen LogP contribution in [0, 0.1) is 0 Å². The van der Waals surface area contributed by atoms with E-state index in [4.69, 9.17) is 0 Å². The summed E-state index contributed by atoms with van der Waals surface area (Å²) in [6.07, 6.45) is 3.07. The molecule has 0 aliphatic rings. The summed E-state index contributed by atoms with van der Waals surface area (Å²) in [5.41, 5.74) is 3.27. The van der Waals surface area contributed by atoms with Crippen LogP contribution in [-0.4, -0.2) is 20.9 Å². The monoisotopic (exact) mass is 347 g/mol. The molecule has 0 aliphatic carbocycles. The lowest BCUT2D eigenvalue weighted by molar-refractivity contribution is 0.0945. The second-order valence-corrected chi connectivity index (χ2v) is 6.19. The highest BCUT2D eigenvalue weighted by Crippen LogP contribution is 2.19. The lowest BCUT2D eigenvalue weighted by Gasteiger charge is -2.09. The smallest absolute Gasteiger partial charge is 0.270 e. The average Bonchev–Trinajstić information content (AvgIpc) is 2.67. The third kappa shape index (κ3) is 4.63. The summed E-state index contributed by atoms with van der Waals surface area (Å²) in [5.74, 6) is 0.786. The van der Waals surface area contributed by atoms with Gasteiger partial charge in [0.1, 0.15) is 17.8 Å². The molecule has 132 valence electrons. The summed E-state index contributed by atoms with van der Waals surface area (Å²) < 4.78 is 0. The highest BCUT2D eigenvalue weighted by Gasteiger charge is 2.09. The van der Waals surface area contributed by atoms with Gasteiger partial charge in [-0.15, -0.1) is 0 Å². The van der Waals surface area contributed by atoms with Crippen molar-refractivity contribution in [3.05, 3.63) is 78.0 Å². The van der Waals surface area contributed by atoms with Crippen LogP contribution in [0.2, 0.25) is 0 Å². The summed E-state index contributed by atoms with van der Waals surface area (Å²) in [7, 11) is 0. The summed E-state index contributed by atoms with van der Waals surface area (Å²) in [6, 6.07) is 15.4. The predicted octanol–water partition coefficient (Wildman–Crippen LogP) is 3.67. The van der Waals surface area contributed by atoms with Crippen molar-refractivity contribution in [3.8, 4) is 0 Å². The number of anilines is 2. The van der Waals surface area contributed by atoms with Crippen LogP contribution in [0.1, 0.15) is 41.5 Å². The lowest BCUT2D eigenvalue weighted by Crippen LogP contribution is -2.24. The van der Waals surface area contributed by atoms with E-state index in [9.17, 15) is 4.79 Å². The third-order valence-electron chi connectivity index (χ3n) is 3.91. The van der Waals surface area contributed by atoms with E-state index < -0.39 is 0 Å². The van der Waals surface area contributed by atoms with Gasteiger partial charge in [-0.3, -0.25) is 9.78 Å². The van der Waals surface area contributed by atoms with Crippen LogP contribution in [0.25, 0.3) is 0 Å². The van der Waals surface area contributed by atoms with Crippen molar-refractivity contribution >= 4 is 17.4 Å². The zero-order valence-electron chi connectivity index (χ0n) is 14.8. The fourth-order valence-corrected chi connectivity index (χ4v) is 2.41. The van der Waals surface area contributed by atoms with Crippen LogP contribution in [-0.2, 0) is 6.54 Å². The fourth-order valence-electron chi connectivity index (χ4n) is 2.41. The molecule has 0 saturated carbocycles. The molecule has 2 N–H and O–H groups in total. The molecule has 0 fully saturated rings. The number of benzene rings is 1. The maximum atomic E-state index is 12.3. The summed E-state index contributed by atoms with van der Waals surface area (Å²) in [4.78, 5) is 24.7. The van der Waals surface area contributed by atoms with Gasteiger partial charge in [0.25, 0.3) is 5.91 Å². The highest BCUT2D eigenvalue weighted by molar-refractivity contribution is 5.92. The molecule has 2 heterocycles. The molecular formula is C20H21N5O. The number of rotatable bonds is 6. The number of carbonyl (C=O) groups excluding carboxylic acids is 1. The first-order valence-corrected chi connectivity index (χ1v) is 8.49. The van der Waals surface area contributed by atoms with Crippen molar-refractivity contribution in [3.63, 3.8) is 0 Å². The van der Waals surface area contributed by atoms with Crippen LogP contribution >= 0.6 is 0 Å². The SMILES string of the molecule is CC(C)c1ccc(Nc2cc(C(=O)NCc3ccccn3)ncn2)cc1. The van der Waals surface area contributed by atoms with Crippen molar-refractivity contribution in [1.82, 2.24) is 20.3 Å². The largest absolute Gasteiger partial charge is 0.345 e. The van der Waals surface area contributed by atoms with Gasteiger partial charge in [0, 0.05) is 18.0 Å². The zero-order valence-corrected chi connectivity index (χ0v) is 14.8. The van der Waals surface area contributed by atoms with E-state index >= 15 is 0 Å². The second kappa shape index (κ2) is 8.20. The van der Waals surface area contributed by atoms with Crippen molar-refractivity contribution in [2.75, 3.05) is 5.32 Å². The van der Waals surface area contributed by atoms with Crippen molar-refractivity contribution in [2.24, 2.45) is 0 Å². The highest BCUT2D eigenvalue weighted by atomic mass is 16.1. The van der Waals surface area contributed by atoms with Crippen molar-refractivity contribution in [2.45, 2.75) is 26.3 Å². The third-order valence-corrected chi connectivity index (χ3v) is 3.91. The van der Waals surface area contributed by atoms with E-state index in [1.807, 2.05) is 30.3 Å². The molecule has 0 saturated heterocycles. The van der Waals surface area contributed by atoms with Crippen LogP contribution in [0.5, 0.6) is 0 Å². The van der Waals surface area contributed by atoms with Gasteiger partial charge in [-0.2, -0.15) is 0 Å². The van der Waals surface area contributed by atoms with Crippen LogP contribution < -0.4 is 10.6 Å². The number of aromatic nitrogens is 3. The number of hydrogen-bond acceptors (Lipinski definition) is 5. The van der Waals surface area contributed by atoms with Gasteiger partial charge in [-0.05, 0) is 35.7 Å². The fraction of sp³-hybridized carbons (Fsp3) is 0.200. The summed E-state index contributed by atoms with van der Waals surface area (Å²) in [5, 5.41) is 6.00. The molecule has 0 spiro atoms. The molecule has 0 unspecified atom stereocenters. The van der Waals surface area contributed by atoms with E-state index in [2.05, 4.69) is 51.6 Å². The quantitative estimate of drug-likeness (QED) is 0.711. The maximum Gasteiger partial charge on any atom is 0.270 e. The van der Waals surface area contributed by atoms with E-state index in [0.29, 0.717) is 24.0 Å². The number of hydrogen-bond donors (Lipinski definition) is 2. The van der Waals surface area contributed by atoms with E-state index in [0.717, 1.165) is 11.4 Å². The number of amides is 1. The molecule has 3 rings (SSSR count). The minimum atomic E-state index is -0.267. The lowest BCUT2D eigenvalue weighted by atomic mass is 10.0. The van der Waals surface area contributed by atoms with Gasteiger partial charge in [-0.25, -0.2) is 9.97 Å². The molecule has 6 nitrogen and oxygen atoms in total. The van der Waals surface area contributed by atoms with Crippen molar-refractivity contribution < 1.29 is 4.79 Å². The van der Waals surface area contributed by atoms with E-state index in [1.54, 1.807) is 12.3 Å². The first-order valence-electron chi connectivity index (χ1n) is 8.49. The molecule has 0 aliphatic heterocycles. The Morgan fingerprint density at radius 2 is 1.85 bits per heavy atom. The first-order chi connectivity index (χ1) is 12.6. The van der Waals surface area contributed by atoms with Gasteiger partial charge in [0.15, 0.2) is 0 Å². The normalized spacial score (nSPS) is 10.6. The Balaban J connectivity index is 1.64. The Bertz CT molecular complexity index is 863. The van der Waals surface area contributed by atoms with Gasteiger partial charge < -0.3 is 10.6 Å². The van der Waals surface area contributed by atoms with E-state index in [1.165, 1.54) is 11.9 Å². The summed E-state index contributed by atoms with van der Waals surface area (Å²) >= 11 is 0. The minimum absolute atomic E-state index is 0.267. The Kier molecular flexibility index (Phi) is 5.53. The van der Waals surface area contributed by atoms with Gasteiger partial charge >= 0.3 is 0 Å². The molecule has 0 bridgehead atoms. The molecule has 0 radical (unpaired) electrons. The van der Waals surface area contributed by atoms with Gasteiger partial charge in [0.2, 0.25) is 0 Å². The Hall–Kier alpha value is -3.28. The Morgan fingerprint density at radius 3 is 2.54 bits per heavy atom. The maximum absolute atomic E-state index is 12.3. The topological polar surface area (TPSA) is 79.8 Å². The number of carbonyl (C=O) groups is 1. The van der Waals surface area contributed by atoms with Gasteiger partial charge in [0.05, 0.1) is 12.2 Å². The standard InChI is InChI=1S/C20H21N5O/c1-14(2)15-6-8-16(9-7-15)25-19-11-18(23-13-24-19)20(26)22-12-17-5-3-4-10-21-17/h3-11,13-14H,12H2,1-2H3,(H,22,26)(H,23,24,25). The van der Waals surface area contributed by atoms with Crippen LogP contribution in [0.3, 0.4) is 0 Å². The molecular weight excluding hydrogens is 326 g/mol. The molecule has 3 aromatic rings. The second-order valence-electron chi connectivity index (χ2n) is 6.19. The number of pyridine rings is 1. The summed E-state index contributed by atoms with van der Waals surface area (Å²) in [6.45, 7) is 4.66. The Labute approximate surface area is 152 Å². The predicted molar refractivity (Wildman–Crippen MR) is 101 cm³/mol. The molecule has 1 aromatic carbocycles. The molecule has 0 atom stereocenters. The number of nitrogens with zero attached hydrogens (tertiary/aromatic N) is 3. The molecule has 26 heavy (non-hydrogen) atoms. The zero-order chi connectivity index (χ0) is 18.4. The average molecular weight is 347 g/mol.